The Kier molecular flexibility index (Phi) is 10.0. The molecule has 2 amide bonds. The van der Waals surface area contributed by atoms with E-state index in [1.165, 1.54) is 0 Å². The molecule has 0 aliphatic carbocycles. The van der Waals surface area contributed by atoms with Crippen LogP contribution in [0.25, 0.3) is 22.8 Å². The molecule has 2 aromatic carbocycles. The molecule has 260 valence electrons. The van der Waals surface area contributed by atoms with Crippen LogP contribution in [-0.2, 0) is 13.1 Å². The number of aliphatic hydroxyl groups excluding tert-OH is 2. The maximum Gasteiger partial charge on any atom is 0.268 e. The zero-order valence-electron chi connectivity index (χ0n) is 28.0. The lowest BCUT2D eigenvalue weighted by Crippen LogP contribution is -2.25. The number of carbonyl (C=O) groups is 2. The van der Waals surface area contributed by atoms with Gasteiger partial charge in [-0.05, 0) is 64.1 Å². The molecular formula is C36H38N6O8. The summed E-state index contributed by atoms with van der Waals surface area (Å²) < 4.78 is 15.1. The highest BCUT2D eigenvalue weighted by atomic mass is 16.5. The normalized spacial score (nSPS) is 15.9. The molecule has 0 unspecified atom stereocenters. The van der Waals surface area contributed by atoms with E-state index >= 15 is 0 Å². The van der Waals surface area contributed by atoms with Gasteiger partial charge in [0.05, 0.1) is 37.4 Å². The fourth-order valence-electron chi connectivity index (χ4n) is 5.06. The van der Waals surface area contributed by atoms with Crippen LogP contribution in [0.5, 0.6) is 11.5 Å². The van der Waals surface area contributed by atoms with Crippen molar-refractivity contribution in [1.82, 2.24) is 19.1 Å². The van der Waals surface area contributed by atoms with Gasteiger partial charge in [-0.15, -0.1) is 0 Å². The third-order valence-corrected chi connectivity index (χ3v) is 7.32. The van der Waals surface area contributed by atoms with Crippen LogP contribution in [0.3, 0.4) is 0 Å². The number of carbonyl (C=O) groups excluding carboxylic acids is 2. The Hall–Kier alpha value is -5.64. The summed E-state index contributed by atoms with van der Waals surface area (Å²) in [7, 11) is 0. The zero-order chi connectivity index (χ0) is 36.4. The molecule has 14 nitrogen and oxygen atoms in total. The Labute approximate surface area is 288 Å². The van der Waals surface area contributed by atoms with E-state index in [0.717, 1.165) is 0 Å². The fraction of sp³-hybridized carbons (Fsp3) is 0.333. The van der Waals surface area contributed by atoms with Gasteiger partial charge in [-0.1, -0.05) is 23.7 Å². The van der Waals surface area contributed by atoms with Crippen molar-refractivity contribution in [2.45, 2.75) is 64.2 Å². The minimum absolute atomic E-state index is 0.146. The molecule has 8 N–H and O–H groups in total. The zero-order valence-corrected chi connectivity index (χ0v) is 28.0. The number of hydrogen-bond acceptors (Lipinski definition) is 10. The summed E-state index contributed by atoms with van der Waals surface area (Å²) in [5.41, 5.74) is 11.4. The molecule has 2 aromatic heterocycles. The number of aliphatic hydroxyl groups is 4. The number of benzene rings is 2. The van der Waals surface area contributed by atoms with Crippen LogP contribution in [0.1, 0.15) is 59.8 Å². The van der Waals surface area contributed by atoms with Crippen LogP contribution < -0.4 is 20.9 Å². The molecule has 0 fully saturated rings. The standard InChI is InChI=1S/2C18H19N3O4/c2*1-18(2,24)6-5-11-3-4-15-13(7-11)17-20-14(16(19)23)9-21(17)8-12(10-22)25-15/h2*3-4,7,9,12,22,24H,8,10H2,1-2H3,(H2,19,23)/t2*12-/m10/s1. The molecule has 50 heavy (non-hydrogen) atoms. The molecule has 4 aromatic rings. The number of rotatable bonds is 4. The molecule has 0 saturated heterocycles. The number of nitrogens with two attached hydrogens (primary N) is 2. The van der Waals surface area contributed by atoms with Crippen molar-refractivity contribution >= 4 is 11.8 Å². The number of imidazole rings is 2. The average molecular weight is 683 g/mol. The Morgan fingerprint density at radius 2 is 1.14 bits per heavy atom. The van der Waals surface area contributed by atoms with Crippen LogP contribution in [0.4, 0.5) is 0 Å². The lowest BCUT2D eigenvalue weighted by molar-refractivity contribution is 0.0985. The Morgan fingerprint density at radius 3 is 1.46 bits per heavy atom. The van der Waals surface area contributed by atoms with Crippen molar-refractivity contribution < 1.29 is 39.5 Å². The molecule has 6 rings (SSSR count). The van der Waals surface area contributed by atoms with Gasteiger partial charge in [0.15, 0.2) is 0 Å². The van der Waals surface area contributed by atoms with Gasteiger partial charge in [0.25, 0.3) is 11.8 Å². The van der Waals surface area contributed by atoms with E-state index in [1.54, 1.807) is 85.6 Å². The highest BCUT2D eigenvalue weighted by Crippen LogP contribution is 2.35. The average Bonchev–Trinajstić information content (AvgIpc) is 3.60. The molecule has 0 saturated carbocycles. The topological polar surface area (TPSA) is 221 Å². The van der Waals surface area contributed by atoms with E-state index in [-0.39, 0.29) is 24.6 Å². The lowest BCUT2D eigenvalue weighted by Gasteiger charge is -2.15. The summed E-state index contributed by atoms with van der Waals surface area (Å²) in [6.45, 7) is 6.73. The van der Waals surface area contributed by atoms with Gasteiger partial charge in [0.2, 0.25) is 0 Å². The number of nitrogens with zero attached hydrogens (tertiary/aromatic N) is 4. The maximum atomic E-state index is 11.5. The first-order valence-corrected chi connectivity index (χ1v) is 15.6. The number of primary amides is 2. The van der Waals surface area contributed by atoms with Gasteiger partial charge in [0, 0.05) is 23.5 Å². The first-order chi connectivity index (χ1) is 23.5. The van der Waals surface area contributed by atoms with Crippen LogP contribution in [0, 0.1) is 23.7 Å². The molecule has 2 atom stereocenters. The predicted octanol–water partition coefficient (Wildman–Crippen LogP) is 1.05. The van der Waals surface area contributed by atoms with E-state index in [9.17, 15) is 30.0 Å². The van der Waals surface area contributed by atoms with E-state index in [4.69, 9.17) is 20.9 Å². The summed E-state index contributed by atoms with van der Waals surface area (Å²) >= 11 is 0. The number of fused-ring (bicyclic) bond motifs is 6. The van der Waals surface area contributed by atoms with Gasteiger partial charge in [-0.3, -0.25) is 9.59 Å². The molecule has 2 aliphatic rings. The van der Waals surface area contributed by atoms with E-state index < -0.39 is 35.2 Å². The summed E-state index contributed by atoms with van der Waals surface area (Å²) in [4.78, 5) is 31.5. The van der Waals surface area contributed by atoms with Crippen molar-refractivity contribution in [3.05, 3.63) is 71.3 Å². The Balaban J connectivity index is 0.000000194. The van der Waals surface area contributed by atoms with E-state index in [2.05, 4.69) is 33.6 Å². The van der Waals surface area contributed by atoms with Crippen molar-refractivity contribution in [1.29, 1.82) is 0 Å². The van der Waals surface area contributed by atoms with E-state index in [1.807, 2.05) is 0 Å². The second-order valence-electron chi connectivity index (χ2n) is 12.8. The minimum atomic E-state index is -1.11. The minimum Gasteiger partial charge on any atom is -0.485 e. The van der Waals surface area contributed by atoms with Crippen LogP contribution in [0.2, 0.25) is 0 Å². The van der Waals surface area contributed by atoms with Crippen LogP contribution >= 0.6 is 0 Å². The van der Waals surface area contributed by atoms with Crippen molar-refractivity contribution in [2.24, 2.45) is 11.5 Å². The van der Waals surface area contributed by atoms with Gasteiger partial charge >= 0.3 is 0 Å². The van der Waals surface area contributed by atoms with Crippen molar-refractivity contribution in [3.63, 3.8) is 0 Å². The second-order valence-corrected chi connectivity index (χ2v) is 12.8. The second kappa shape index (κ2) is 14.1. The number of aromatic nitrogens is 4. The molecule has 14 heteroatoms. The van der Waals surface area contributed by atoms with Crippen LogP contribution in [-0.4, -0.2) is 88.0 Å². The highest BCUT2D eigenvalue weighted by molar-refractivity contribution is 5.92. The lowest BCUT2D eigenvalue weighted by atomic mass is 10.1. The first kappa shape index (κ1) is 35.7. The molecule has 4 heterocycles. The maximum absolute atomic E-state index is 11.5. The molecular weight excluding hydrogens is 644 g/mol. The molecule has 0 radical (unpaired) electrons. The summed E-state index contributed by atoms with van der Waals surface area (Å²) in [5, 5.41) is 38.5. The van der Waals surface area contributed by atoms with Crippen molar-refractivity contribution in [3.8, 4) is 58.0 Å². The van der Waals surface area contributed by atoms with Gasteiger partial charge in [-0.25, -0.2) is 9.97 Å². The van der Waals surface area contributed by atoms with Gasteiger partial charge in [0.1, 0.15) is 57.9 Å². The Bertz CT molecular complexity index is 1920. The summed E-state index contributed by atoms with van der Waals surface area (Å²) in [6, 6.07) is 10.6. The summed E-state index contributed by atoms with van der Waals surface area (Å²) in [5.74, 6) is 12.2. The Morgan fingerprint density at radius 1 is 0.760 bits per heavy atom. The van der Waals surface area contributed by atoms with Gasteiger partial charge < -0.3 is 50.5 Å². The number of amides is 2. The third kappa shape index (κ3) is 8.49. The molecule has 0 bridgehead atoms. The number of ether oxygens (including phenoxy) is 2. The number of hydrogen-bond donors (Lipinski definition) is 6. The molecule has 0 spiro atoms. The SMILES string of the molecule is CC(C)(O)C#Cc1ccc2c(c1)-c1nc(C(N)=O)cn1C[C@@H](CO)O2.CC(C)(O)C#Cc1ccc2c(c1)-c1nc(C(N)=O)cn1C[C@H](CO)O2. The van der Waals surface area contributed by atoms with Gasteiger partial charge in [-0.2, -0.15) is 0 Å². The quantitative estimate of drug-likeness (QED) is 0.168. The monoisotopic (exact) mass is 682 g/mol. The molecule has 2 aliphatic heterocycles. The van der Waals surface area contributed by atoms with E-state index in [0.29, 0.717) is 58.5 Å². The highest BCUT2D eigenvalue weighted by Gasteiger charge is 2.26. The first-order valence-electron chi connectivity index (χ1n) is 15.6. The van der Waals surface area contributed by atoms with Crippen molar-refractivity contribution in [2.75, 3.05) is 13.2 Å². The fourth-order valence-corrected chi connectivity index (χ4v) is 5.06. The smallest absolute Gasteiger partial charge is 0.268 e. The largest absolute Gasteiger partial charge is 0.485 e. The third-order valence-electron chi connectivity index (χ3n) is 7.32. The predicted molar refractivity (Wildman–Crippen MR) is 182 cm³/mol. The summed E-state index contributed by atoms with van der Waals surface area (Å²) in [6.07, 6.45) is 2.16. The van der Waals surface area contributed by atoms with Crippen LogP contribution in [0.15, 0.2) is 48.8 Å².